The zero-order chi connectivity index (χ0) is 16.7. The number of amides is 1. The van der Waals surface area contributed by atoms with Crippen molar-refractivity contribution < 1.29 is 14.7 Å². The normalized spacial score (nSPS) is 16.5. The van der Waals surface area contributed by atoms with E-state index in [-0.39, 0.29) is 18.0 Å². The predicted molar refractivity (Wildman–Crippen MR) is 82.5 cm³/mol. The molecule has 0 bridgehead atoms. The summed E-state index contributed by atoms with van der Waals surface area (Å²) in [6, 6.07) is 3.65. The minimum Gasteiger partial charge on any atom is -0.477 e. The summed E-state index contributed by atoms with van der Waals surface area (Å²) in [6.07, 6.45) is 4.88. The second kappa shape index (κ2) is 5.30. The SMILES string of the molecule is O=C1C[C@H](c2cn[nH]c2C(=O)O)c2c(n[nH]c2-c2cccnc2)N1. The van der Waals surface area contributed by atoms with Crippen LogP contribution in [0, 0.1) is 0 Å². The van der Waals surface area contributed by atoms with Gasteiger partial charge in [-0.2, -0.15) is 10.2 Å². The van der Waals surface area contributed by atoms with Gasteiger partial charge in [0.1, 0.15) is 5.69 Å². The van der Waals surface area contributed by atoms with Gasteiger partial charge in [0.15, 0.2) is 5.82 Å². The van der Waals surface area contributed by atoms with E-state index in [9.17, 15) is 14.7 Å². The Bertz CT molecular complexity index is 930. The van der Waals surface area contributed by atoms with Gasteiger partial charge in [-0.05, 0) is 12.1 Å². The molecule has 3 aromatic heterocycles. The molecule has 1 aliphatic rings. The molecule has 1 atom stereocenters. The highest BCUT2D eigenvalue weighted by Crippen LogP contribution is 2.42. The highest BCUT2D eigenvalue weighted by molar-refractivity contribution is 5.97. The lowest BCUT2D eigenvalue weighted by Crippen LogP contribution is -2.24. The third-order valence-electron chi connectivity index (χ3n) is 4.01. The Morgan fingerprint density at radius 2 is 2.17 bits per heavy atom. The third-order valence-corrected chi connectivity index (χ3v) is 4.01. The van der Waals surface area contributed by atoms with E-state index in [1.54, 1.807) is 18.5 Å². The number of aromatic nitrogens is 5. The molecular formula is C15H12N6O3. The average Bonchev–Trinajstić information content (AvgIpc) is 3.21. The highest BCUT2D eigenvalue weighted by atomic mass is 16.4. The van der Waals surface area contributed by atoms with E-state index < -0.39 is 11.9 Å². The van der Waals surface area contributed by atoms with E-state index in [1.165, 1.54) is 6.20 Å². The van der Waals surface area contributed by atoms with E-state index in [0.717, 1.165) is 11.1 Å². The number of carboxylic acid groups (broad SMARTS) is 1. The molecule has 4 N–H and O–H groups in total. The number of carboxylic acids is 1. The van der Waals surface area contributed by atoms with E-state index in [1.807, 2.05) is 6.07 Å². The molecule has 1 aliphatic heterocycles. The smallest absolute Gasteiger partial charge is 0.354 e. The lowest BCUT2D eigenvalue weighted by Gasteiger charge is -2.22. The number of rotatable bonds is 3. The van der Waals surface area contributed by atoms with Gasteiger partial charge in [-0.1, -0.05) is 0 Å². The first-order valence-corrected chi connectivity index (χ1v) is 7.20. The zero-order valence-electron chi connectivity index (χ0n) is 12.3. The molecule has 3 aromatic rings. The van der Waals surface area contributed by atoms with Crippen molar-refractivity contribution >= 4 is 17.7 Å². The Hall–Kier alpha value is -3.49. The van der Waals surface area contributed by atoms with Crippen LogP contribution in [0.2, 0.25) is 0 Å². The van der Waals surface area contributed by atoms with Crippen LogP contribution in [0.3, 0.4) is 0 Å². The van der Waals surface area contributed by atoms with Crippen LogP contribution in [0.25, 0.3) is 11.3 Å². The van der Waals surface area contributed by atoms with E-state index in [2.05, 4.69) is 30.7 Å². The fourth-order valence-electron chi connectivity index (χ4n) is 2.98. The van der Waals surface area contributed by atoms with Crippen LogP contribution >= 0.6 is 0 Å². The molecule has 120 valence electrons. The van der Waals surface area contributed by atoms with Gasteiger partial charge in [0.25, 0.3) is 0 Å². The number of hydrogen-bond donors (Lipinski definition) is 4. The Morgan fingerprint density at radius 3 is 2.92 bits per heavy atom. The average molecular weight is 324 g/mol. The summed E-state index contributed by atoms with van der Waals surface area (Å²) in [5.74, 6) is -1.42. The van der Waals surface area contributed by atoms with Gasteiger partial charge in [0.2, 0.25) is 5.91 Å². The van der Waals surface area contributed by atoms with E-state index in [4.69, 9.17) is 0 Å². The van der Waals surface area contributed by atoms with Gasteiger partial charge < -0.3 is 10.4 Å². The molecule has 4 heterocycles. The summed E-state index contributed by atoms with van der Waals surface area (Å²) >= 11 is 0. The van der Waals surface area contributed by atoms with Crippen LogP contribution in [0.1, 0.15) is 34.0 Å². The van der Waals surface area contributed by atoms with Gasteiger partial charge >= 0.3 is 5.97 Å². The maximum absolute atomic E-state index is 12.0. The number of carbonyl (C=O) groups is 2. The molecule has 0 radical (unpaired) electrons. The molecule has 0 fully saturated rings. The van der Waals surface area contributed by atoms with Crippen LogP contribution in [0.4, 0.5) is 5.82 Å². The van der Waals surface area contributed by atoms with Crippen molar-refractivity contribution in [2.45, 2.75) is 12.3 Å². The Labute approximate surface area is 135 Å². The van der Waals surface area contributed by atoms with Crippen molar-refractivity contribution in [2.75, 3.05) is 5.32 Å². The standard InChI is InChI=1S/C15H12N6O3/c22-10-4-8(9-6-17-19-13(9)15(23)24)11-12(20-21-14(11)18-10)7-2-1-3-16-5-7/h1-3,5-6,8H,4H2,(H,17,19)(H,23,24)(H2,18,20,21,22)/t8-/m1/s1. The first-order valence-electron chi connectivity index (χ1n) is 7.20. The van der Waals surface area contributed by atoms with Crippen LogP contribution in [0.15, 0.2) is 30.7 Å². The fourth-order valence-corrected chi connectivity index (χ4v) is 2.98. The summed E-state index contributed by atoms with van der Waals surface area (Å²) in [7, 11) is 0. The van der Waals surface area contributed by atoms with Gasteiger partial charge in [0.05, 0.1) is 11.9 Å². The van der Waals surface area contributed by atoms with Crippen molar-refractivity contribution in [3.8, 4) is 11.3 Å². The van der Waals surface area contributed by atoms with Crippen molar-refractivity contribution in [2.24, 2.45) is 0 Å². The molecule has 9 nitrogen and oxygen atoms in total. The lowest BCUT2D eigenvalue weighted by molar-refractivity contribution is -0.116. The largest absolute Gasteiger partial charge is 0.477 e. The molecule has 24 heavy (non-hydrogen) atoms. The quantitative estimate of drug-likeness (QED) is 0.574. The molecule has 0 spiro atoms. The summed E-state index contributed by atoms with van der Waals surface area (Å²) in [6.45, 7) is 0. The molecule has 0 aromatic carbocycles. The summed E-state index contributed by atoms with van der Waals surface area (Å²) in [4.78, 5) is 27.5. The van der Waals surface area contributed by atoms with Gasteiger partial charge in [-0.15, -0.1) is 0 Å². The van der Waals surface area contributed by atoms with Gasteiger partial charge in [-0.3, -0.25) is 20.0 Å². The number of aromatic amines is 2. The van der Waals surface area contributed by atoms with E-state index >= 15 is 0 Å². The zero-order valence-corrected chi connectivity index (χ0v) is 12.3. The maximum atomic E-state index is 12.0. The third kappa shape index (κ3) is 2.14. The minimum absolute atomic E-state index is 0.0287. The summed E-state index contributed by atoms with van der Waals surface area (Å²) < 4.78 is 0. The first-order chi connectivity index (χ1) is 11.6. The Morgan fingerprint density at radius 1 is 1.29 bits per heavy atom. The monoisotopic (exact) mass is 324 g/mol. The summed E-state index contributed by atoms with van der Waals surface area (Å²) in [5.41, 5.74) is 2.64. The number of pyridine rings is 1. The molecule has 0 saturated heterocycles. The highest BCUT2D eigenvalue weighted by Gasteiger charge is 2.35. The number of fused-ring (bicyclic) bond motifs is 1. The molecular weight excluding hydrogens is 312 g/mol. The molecule has 0 unspecified atom stereocenters. The maximum Gasteiger partial charge on any atom is 0.354 e. The molecule has 4 rings (SSSR count). The van der Waals surface area contributed by atoms with Crippen LogP contribution in [0.5, 0.6) is 0 Å². The second-order valence-electron chi connectivity index (χ2n) is 5.41. The van der Waals surface area contributed by atoms with Crippen LogP contribution in [-0.4, -0.2) is 42.4 Å². The molecule has 9 heteroatoms. The van der Waals surface area contributed by atoms with Crippen LogP contribution < -0.4 is 5.32 Å². The predicted octanol–water partition coefficient (Wildman–Crippen LogP) is 1.37. The molecule has 0 aliphatic carbocycles. The van der Waals surface area contributed by atoms with Crippen molar-refractivity contribution in [3.05, 3.63) is 47.5 Å². The molecule has 1 amide bonds. The number of aromatic carboxylic acids is 1. The number of H-pyrrole nitrogens is 2. The van der Waals surface area contributed by atoms with Gasteiger partial charge in [0, 0.05) is 41.4 Å². The van der Waals surface area contributed by atoms with E-state index in [0.29, 0.717) is 17.1 Å². The summed E-state index contributed by atoms with van der Waals surface area (Å²) in [5, 5.41) is 25.4. The van der Waals surface area contributed by atoms with Crippen molar-refractivity contribution in [3.63, 3.8) is 0 Å². The minimum atomic E-state index is -1.12. The van der Waals surface area contributed by atoms with Gasteiger partial charge in [-0.25, -0.2) is 4.79 Å². The second-order valence-corrected chi connectivity index (χ2v) is 5.41. The topological polar surface area (TPSA) is 137 Å². The fraction of sp³-hybridized carbons (Fsp3) is 0.133. The number of carbonyl (C=O) groups excluding carboxylic acids is 1. The number of nitrogens with one attached hydrogen (secondary N) is 3. The lowest BCUT2D eigenvalue weighted by atomic mass is 9.84. The first kappa shape index (κ1) is 14.1. The van der Waals surface area contributed by atoms with Crippen LogP contribution in [-0.2, 0) is 4.79 Å². The Kier molecular flexibility index (Phi) is 3.12. The van der Waals surface area contributed by atoms with Crippen molar-refractivity contribution in [1.82, 2.24) is 25.4 Å². The number of nitrogens with zero attached hydrogens (tertiary/aromatic N) is 3. The number of anilines is 1. The Balaban J connectivity index is 1.90. The number of hydrogen-bond acceptors (Lipinski definition) is 5. The molecule has 0 saturated carbocycles. The van der Waals surface area contributed by atoms with Crippen molar-refractivity contribution in [1.29, 1.82) is 0 Å².